The third-order valence-electron chi connectivity index (χ3n) is 2.08. The van der Waals surface area contributed by atoms with E-state index in [0.717, 1.165) is 11.6 Å². The molecular weight excluding hydrogens is 261 g/mol. The Hall–Kier alpha value is -0.710. The summed E-state index contributed by atoms with van der Waals surface area (Å²) >= 11 is 2.91. The summed E-state index contributed by atoms with van der Waals surface area (Å²) < 4.78 is 42.4. The molecule has 5 heteroatoms. The van der Waals surface area contributed by atoms with E-state index < -0.39 is 11.7 Å². The molecule has 0 fully saturated rings. The second-order valence-corrected chi connectivity index (χ2v) is 3.89. The molecule has 0 saturated heterocycles. The first-order chi connectivity index (χ1) is 6.48. The van der Waals surface area contributed by atoms with Gasteiger partial charge in [0.05, 0.1) is 12.2 Å². The van der Waals surface area contributed by atoms with E-state index in [2.05, 4.69) is 15.9 Å². The van der Waals surface area contributed by atoms with E-state index in [1.165, 1.54) is 6.07 Å². The SMILES string of the molecule is FC(F)(F)c1cc2c(cc1Br)CCO2. The number of hydrogen-bond acceptors (Lipinski definition) is 1. The predicted molar refractivity (Wildman–Crippen MR) is 48.3 cm³/mol. The summed E-state index contributed by atoms with van der Waals surface area (Å²) in [6.07, 6.45) is -3.66. The van der Waals surface area contributed by atoms with Crippen LogP contribution in [-0.4, -0.2) is 6.61 Å². The summed E-state index contributed by atoms with van der Waals surface area (Å²) in [6.45, 7) is 0.461. The van der Waals surface area contributed by atoms with Crippen molar-refractivity contribution in [3.05, 3.63) is 27.7 Å². The van der Waals surface area contributed by atoms with Crippen LogP contribution in [0.4, 0.5) is 13.2 Å². The first-order valence-corrected chi connectivity index (χ1v) is 4.80. The third kappa shape index (κ3) is 1.61. The zero-order chi connectivity index (χ0) is 10.3. The minimum absolute atomic E-state index is 0.0780. The Balaban J connectivity index is 2.53. The van der Waals surface area contributed by atoms with Crippen molar-refractivity contribution in [2.75, 3.05) is 6.61 Å². The van der Waals surface area contributed by atoms with Crippen molar-refractivity contribution in [3.8, 4) is 5.75 Å². The van der Waals surface area contributed by atoms with Gasteiger partial charge in [0.2, 0.25) is 0 Å². The molecule has 1 heterocycles. The summed E-state index contributed by atoms with van der Waals surface area (Å²) in [5, 5.41) is 0. The standard InChI is InChI=1S/C9H6BrF3O/c10-7-3-5-1-2-14-8(5)4-6(7)9(11,12)13/h3-4H,1-2H2. The van der Waals surface area contributed by atoms with Crippen LogP contribution in [0.2, 0.25) is 0 Å². The van der Waals surface area contributed by atoms with Crippen molar-refractivity contribution < 1.29 is 17.9 Å². The van der Waals surface area contributed by atoms with Gasteiger partial charge in [-0.1, -0.05) is 15.9 Å². The monoisotopic (exact) mass is 266 g/mol. The quantitative estimate of drug-likeness (QED) is 0.700. The average Bonchev–Trinajstić information content (AvgIpc) is 2.47. The molecule has 0 bridgehead atoms. The zero-order valence-electron chi connectivity index (χ0n) is 6.99. The number of alkyl halides is 3. The molecular formula is C9H6BrF3O. The lowest BCUT2D eigenvalue weighted by Crippen LogP contribution is -2.06. The fourth-order valence-corrected chi connectivity index (χ4v) is 2.03. The van der Waals surface area contributed by atoms with Crippen LogP contribution in [-0.2, 0) is 12.6 Å². The lowest BCUT2D eigenvalue weighted by atomic mass is 10.1. The Morgan fingerprint density at radius 3 is 2.64 bits per heavy atom. The van der Waals surface area contributed by atoms with Crippen LogP contribution >= 0.6 is 15.9 Å². The van der Waals surface area contributed by atoms with Gasteiger partial charge < -0.3 is 4.74 Å². The highest BCUT2D eigenvalue weighted by Gasteiger charge is 2.34. The molecule has 0 saturated carbocycles. The van der Waals surface area contributed by atoms with Crippen LogP contribution in [0.5, 0.6) is 5.75 Å². The molecule has 1 aliphatic heterocycles. The molecule has 76 valence electrons. The maximum Gasteiger partial charge on any atom is 0.417 e. The van der Waals surface area contributed by atoms with Gasteiger partial charge in [-0.2, -0.15) is 13.2 Å². The minimum Gasteiger partial charge on any atom is -0.493 e. The Morgan fingerprint density at radius 1 is 1.29 bits per heavy atom. The molecule has 0 amide bonds. The van der Waals surface area contributed by atoms with Crippen LogP contribution in [0.3, 0.4) is 0 Å². The first-order valence-electron chi connectivity index (χ1n) is 4.01. The van der Waals surface area contributed by atoms with E-state index in [-0.39, 0.29) is 4.47 Å². The van der Waals surface area contributed by atoms with Crippen LogP contribution in [0.1, 0.15) is 11.1 Å². The van der Waals surface area contributed by atoms with Crippen LogP contribution < -0.4 is 4.74 Å². The molecule has 0 radical (unpaired) electrons. The second-order valence-electron chi connectivity index (χ2n) is 3.04. The summed E-state index contributed by atoms with van der Waals surface area (Å²) in [6, 6.07) is 2.53. The van der Waals surface area contributed by atoms with Gasteiger partial charge in [0.15, 0.2) is 0 Å². The second kappa shape index (κ2) is 3.15. The molecule has 1 aliphatic rings. The minimum atomic E-state index is -4.33. The topological polar surface area (TPSA) is 9.23 Å². The van der Waals surface area contributed by atoms with Crippen molar-refractivity contribution in [2.24, 2.45) is 0 Å². The maximum absolute atomic E-state index is 12.4. The van der Waals surface area contributed by atoms with E-state index in [1.54, 1.807) is 0 Å². The lowest BCUT2D eigenvalue weighted by Gasteiger charge is -2.10. The molecule has 1 aromatic rings. The Labute approximate surface area is 87.0 Å². The van der Waals surface area contributed by atoms with Crippen molar-refractivity contribution in [1.82, 2.24) is 0 Å². The van der Waals surface area contributed by atoms with E-state index in [1.807, 2.05) is 0 Å². The summed E-state index contributed by atoms with van der Waals surface area (Å²) in [5.74, 6) is 0.348. The number of hydrogen-bond donors (Lipinski definition) is 0. The molecule has 0 unspecified atom stereocenters. The van der Waals surface area contributed by atoms with Gasteiger partial charge in [0, 0.05) is 10.9 Å². The largest absolute Gasteiger partial charge is 0.493 e. The van der Waals surface area contributed by atoms with Crippen molar-refractivity contribution >= 4 is 15.9 Å². The summed E-state index contributed by atoms with van der Waals surface area (Å²) in [7, 11) is 0. The van der Waals surface area contributed by atoms with Crippen molar-refractivity contribution in [3.63, 3.8) is 0 Å². The number of halogens is 4. The van der Waals surface area contributed by atoms with Gasteiger partial charge in [-0.15, -0.1) is 0 Å². The number of ether oxygens (including phenoxy) is 1. The van der Waals surface area contributed by atoms with Crippen molar-refractivity contribution in [2.45, 2.75) is 12.6 Å². The lowest BCUT2D eigenvalue weighted by molar-refractivity contribution is -0.138. The van der Waals surface area contributed by atoms with E-state index in [9.17, 15) is 13.2 Å². The molecule has 2 rings (SSSR count). The highest BCUT2D eigenvalue weighted by molar-refractivity contribution is 9.10. The molecule has 0 spiro atoms. The number of benzene rings is 1. The Morgan fingerprint density at radius 2 is 2.00 bits per heavy atom. The third-order valence-corrected chi connectivity index (χ3v) is 2.74. The highest BCUT2D eigenvalue weighted by Crippen LogP contribution is 2.40. The van der Waals surface area contributed by atoms with Crippen molar-refractivity contribution in [1.29, 1.82) is 0 Å². The zero-order valence-corrected chi connectivity index (χ0v) is 8.58. The van der Waals surface area contributed by atoms with Gasteiger partial charge >= 0.3 is 6.18 Å². The van der Waals surface area contributed by atoms with Gasteiger partial charge in [-0.05, 0) is 17.7 Å². The number of rotatable bonds is 0. The van der Waals surface area contributed by atoms with Gasteiger partial charge in [-0.25, -0.2) is 0 Å². The maximum atomic E-state index is 12.4. The molecule has 14 heavy (non-hydrogen) atoms. The van der Waals surface area contributed by atoms with E-state index in [0.29, 0.717) is 18.8 Å². The van der Waals surface area contributed by atoms with Crippen LogP contribution in [0, 0.1) is 0 Å². The van der Waals surface area contributed by atoms with Gasteiger partial charge in [-0.3, -0.25) is 0 Å². The molecule has 0 N–H and O–H groups in total. The molecule has 0 atom stereocenters. The summed E-state index contributed by atoms with van der Waals surface area (Å²) in [5.41, 5.74) is 0.142. The molecule has 0 aliphatic carbocycles. The van der Waals surface area contributed by atoms with Crippen LogP contribution in [0.15, 0.2) is 16.6 Å². The molecule has 1 aromatic carbocycles. The van der Waals surface area contributed by atoms with Gasteiger partial charge in [0.25, 0.3) is 0 Å². The first kappa shape index (κ1) is 9.83. The Bertz CT molecular complexity index is 373. The van der Waals surface area contributed by atoms with Crippen LogP contribution in [0.25, 0.3) is 0 Å². The van der Waals surface area contributed by atoms with E-state index >= 15 is 0 Å². The average molecular weight is 267 g/mol. The normalized spacial score (nSPS) is 15.1. The highest BCUT2D eigenvalue weighted by atomic mass is 79.9. The predicted octanol–water partition coefficient (Wildman–Crippen LogP) is 3.40. The molecule has 1 nitrogen and oxygen atoms in total. The fraction of sp³-hybridized carbons (Fsp3) is 0.333. The molecule has 0 aromatic heterocycles. The smallest absolute Gasteiger partial charge is 0.417 e. The van der Waals surface area contributed by atoms with E-state index in [4.69, 9.17) is 4.74 Å². The van der Waals surface area contributed by atoms with Gasteiger partial charge in [0.1, 0.15) is 5.75 Å². The Kier molecular flexibility index (Phi) is 2.21. The fourth-order valence-electron chi connectivity index (χ4n) is 1.41. The number of fused-ring (bicyclic) bond motifs is 1. The summed E-state index contributed by atoms with van der Waals surface area (Å²) in [4.78, 5) is 0.